The van der Waals surface area contributed by atoms with Gasteiger partial charge >= 0.3 is 8.25 Å². The van der Waals surface area contributed by atoms with Crippen molar-refractivity contribution in [1.82, 2.24) is 0 Å². The standard InChI is InChI=1S/C24H41O8P/c1-17(2)10-12-29-19(4)23-18(3)13-20(14-22(23)26-5)24(27-6,28-7)16-32-33(25)31-15-21-9-8-11-30-21/h13-14,17,19,21,33H,8-12,15-16H2,1-7H3/t19?,21-/m0/s1. The largest absolute Gasteiger partial charge is 0.496 e. The van der Waals surface area contributed by atoms with E-state index in [0.717, 1.165) is 30.4 Å². The molecule has 0 aromatic heterocycles. The summed E-state index contributed by atoms with van der Waals surface area (Å²) in [4.78, 5) is 0. The fourth-order valence-corrected chi connectivity index (χ4v) is 4.61. The monoisotopic (exact) mass is 488 g/mol. The highest BCUT2D eigenvalue weighted by molar-refractivity contribution is 7.33. The van der Waals surface area contributed by atoms with Crippen LogP contribution in [0.5, 0.6) is 5.75 Å². The maximum Gasteiger partial charge on any atom is 0.319 e. The molecule has 1 fully saturated rings. The molecule has 3 atom stereocenters. The van der Waals surface area contributed by atoms with Gasteiger partial charge in [0, 0.05) is 38.6 Å². The van der Waals surface area contributed by atoms with Crippen LogP contribution in [0.4, 0.5) is 0 Å². The van der Waals surface area contributed by atoms with Gasteiger partial charge in [0.05, 0.1) is 25.9 Å². The summed E-state index contributed by atoms with van der Waals surface area (Å²) >= 11 is 0. The summed E-state index contributed by atoms with van der Waals surface area (Å²) in [5.41, 5.74) is 2.64. The average molecular weight is 489 g/mol. The summed E-state index contributed by atoms with van der Waals surface area (Å²) < 4.78 is 51.9. The van der Waals surface area contributed by atoms with Gasteiger partial charge in [-0.15, -0.1) is 0 Å². The molecule has 8 nitrogen and oxygen atoms in total. The lowest BCUT2D eigenvalue weighted by atomic mass is 9.96. The Morgan fingerprint density at radius 2 is 1.88 bits per heavy atom. The Morgan fingerprint density at radius 3 is 2.45 bits per heavy atom. The van der Waals surface area contributed by atoms with Crippen molar-refractivity contribution in [3.8, 4) is 5.75 Å². The fraction of sp³-hybridized carbons (Fsp3) is 0.750. The summed E-state index contributed by atoms with van der Waals surface area (Å²) in [5, 5.41) is 0. The lowest BCUT2D eigenvalue weighted by Crippen LogP contribution is -2.35. The first kappa shape index (κ1) is 28.2. The smallest absolute Gasteiger partial charge is 0.319 e. The van der Waals surface area contributed by atoms with Gasteiger partial charge in [-0.1, -0.05) is 13.8 Å². The molecule has 1 aromatic rings. The molecule has 9 heteroatoms. The maximum absolute atomic E-state index is 12.3. The van der Waals surface area contributed by atoms with Gasteiger partial charge in [0.2, 0.25) is 5.79 Å². The fourth-order valence-electron chi connectivity index (χ4n) is 3.89. The molecule has 1 saturated heterocycles. The first-order valence-corrected chi connectivity index (χ1v) is 12.8. The third-order valence-electron chi connectivity index (χ3n) is 5.93. The van der Waals surface area contributed by atoms with Crippen molar-refractivity contribution in [2.24, 2.45) is 5.92 Å². The van der Waals surface area contributed by atoms with Crippen molar-refractivity contribution in [3.05, 3.63) is 28.8 Å². The second-order valence-electron chi connectivity index (χ2n) is 8.75. The number of benzene rings is 1. The third kappa shape index (κ3) is 8.03. The second kappa shape index (κ2) is 13.8. The predicted octanol–water partition coefficient (Wildman–Crippen LogP) is 5.17. The zero-order chi connectivity index (χ0) is 24.4. The highest BCUT2D eigenvalue weighted by atomic mass is 31.1. The van der Waals surface area contributed by atoms with Crippen LogP contribution in [0.1, 0.15) is 62.8 Å². The molecule has 0 amide bonds. The molecule has 1 heterocycles. The molecular weight excluding hydrogens is 447 g/mol. The van der Waals surface area contributed by atoms with E-state index in [0.29, 0.717) is 30.4 Å². The lowest BCUT2D eigenvalue weighted by Gasteiger charge is -2.32. The molecule has 2 rings (SSSR count). The summed E-state index contributed by atoms with van der Waals surface area (Å²) in [6, 6.07) is 3.81. The minimum absolute atomic E-state index is 0.0265. The van der Waals surface area contributed by atoms with Gasteiger partial charge < -0.3 is 32.7 Å². The van der Waals surface area contributed by atoms with E-state index in [4.69, 9.17) is 32.7 Å². The van der Waals surface area contributed by atoms with Crippen LogP contribution in [0.25, 0.3) is 0 Å². The van der Waals surface area contributed by atoms with E-state index < -0.39 is 14.0 Å². The van der Waals surface area contributed by atoms with Crippen molar-refractivity contribution in [2.45, 2.75) is 65.0 Å². The molecule has 1 aliphatic heterocycles. The van der Waals surface area contributed by atoms with Crippen molar-refractivity contribution < 1.29 is 37.3 Å². The van der Waals surface area contributed by atoms with Crippen LogP contribution in [-0.2, 0) is 38.3 Å². The molecule has 0 N–H and O–H groups in total. The van der Waals surface area contributed by atoms with Gasteiger partial charge in [0.15, 0.2) is 0 Å². The van der Waals surface area contributed by atoms with Gasteiger partial charge in [-0.05, 0) is 56.7 Å². The lowest BCUT2D eigenvalue weighted by molar-refractivity contribution is -0.232. The molecule has 2 unspecified atom stereocenters. The van der Waals surface area contributed by atoms with Crippen molar-refractivity contribution in [1.29, 1.82) is 0 Å². The molecule has 190 valence electrons. The molecule has 0 saturated carbocycles. The number of hydrogen-bond acceptors (Lipinski definition) is 8. The normalized spacial score (nSPS) is 18.6. The minimum Gasteiger partial charge on any atom is -0.496 e. The average Bonchev–Trinajstić information content (AvgIpc) is 3.31. The summed E-state index contributed by atoms with van der Waals surface area (Å²) in [5.74, 6) is -0.0252. The number of methoxy groups -OCH3 is 3. The second-order valence-corrected chi connectivity index (χ2v) is 9.83. The Hall–Kier alpha value is -0.990. The predicted molar refractivity (Wildman–Crippen MR) is 127 cm³/mol. The summed E-state index contributed by atoms with van der Waals surface area (Å²) in [6.45, 7) is 9.90. The van der Waals surface area contributed by atoms with Gasteiger partial charge in [0.25, 0.3) is 0 Å². The molecule has 33 heavy (non-hydrogen) atoms. The number of ether oxygens (including phenoxy) is 5. The third-order valence-corrected chi connectivity index (χ3v) is 6.71. The first-order chi connectivity index (χ1) is 15.8. The van der Waals surface area contributed by atoms with Crippen LogP contribution in [-0.4, -0.2) is 53.9 Å². The van der Waals surface area contributed by atoms with E-state index in [-0.39, 0.29) is 25.4 Å². The van der Waals surface area contributed by atoms with E-state index in [9.17, 15) is 4.57 Å². The molecule has 0 spiro atoms. The van der Waals surface area contributed by atoms with E-state index in [1.54, 1.807) is 7.11 Å². The van der Waals surface area contributed by atoms with Crippen LogP contribution >= 0.6 is 8.25 Å². The Balaban J connectivity index is 2.13. The van der Waals surface area contributed by atoms with Gasteiger partial charge in [-0.2, -0.15) is 0 Å². The Morgan fingerprint density at radius 1 is 1.15 bits per heavy atom. The molecule has 0 radical (unpaired) electrons. The van der Waals surface area contributed by atoms with Gasteiger partial charge in [-0.25, -0.2) is 0 Å². The van der Waals surface area contributed by atoms with Crippen LogP contribution in [0.15, 0.2) is 12.1 Å². The zero-order valence-corrected chi connectivity index (χ0v) is 22.1. The summed E-state index contributed by atoms with van der Waals surface area (Å²) in [6.07, 6.45) is 2.73. The van der Waals surface area contributed by atoms with Crippen molar-refractivity contribution in [3.63, 3.8) is 0 Å². The van der Waals surface area contributed by atoms with Crippen LogP contribution < -0.4 is 4.74 Å². The topological polar surface area (TPSA) is 81.7 Å². The maximum atomic E-state index is 12.3. The summed E-state index contributed by atoms with van der Waals surface area (Å²) in [7, 11) is 1.92. The molecule has 0 bridgehead atoms. The molecule has 1 aliphatic rings. The first-order valence-electron chi connectivity index (χ1n) is 11.6. The van der Waals surface area contributed by atoms with Gasteiger partial charge in [0.1, 0.15) is 12.4 Å². The van der Waals surface area contributed by atoms with E-state index in [1.807, 2.05) is 26.0 Å². The Bertz CT molecular complexity index is 744. The number of rotatable bonds is 15. The number of aryl methyl sites for hydroxylation is 1. The molecular formula is C24H41O8P. The van der Waals surface area contributed by atoms with Crippen LogP contribution in [0.2, 0.25) is 0 Å². The van der Waals surface area contributed by atoms with E-state index >= 15 is 0 Å². The highest BCUT2D eigenvalue weighted by Gasteiger charge is 2.35. The SMILES string of the molecule is COc1cc(C(CO[PH](=O)OC[C@@H]2CCCO2)(OC)OC)cc(C)c1C(C)OCCC(C)C. The Labute approximate surface area is 199 Å². The Kier molecular flexibility index (Phi) is 11.8. The zero-order valence-electron chi connectivity index (χ0n) is 21.1. The quantitative estimate of drug-likeness (QED) is 0.247. The number of hydrogen-bond donors (Lipinski definition) is 0. The molecule has 0 aliphatic carbocycles. The van der Waals surface area contributed by atoms with Crippen molar-refractivity contribution in [2.75, 3.05) is 47.8 Å². The molecule has 1 aromatic carbocycles. The van der Waals surface area contributed by atoms with Crippen molar-refractivity contribution >= 4 is 8.25 Å². The van der Waals surface area contributed by atoms with E-state index in [2.05, 4.69) is 13.8 Å². The highest BCUT2D eigenvalue weighted by Crippen LogP contribution is 2.39. The van der Waals surface area contributed by atoms with Gasteiger partial charge in [-0.3, -0.25) is 4.57 Å². The minimum atomic E-state index is -2.74. The van der Waals surface area contributed by atoms with E-state index in [1.165, 1.54) is 14.2 Å². The van der Waals surface area contributed by atoms with Crippen LogP contribution in [0.3, 0.4) is 0 Å². The van der Waals surface area contributed by atoms with Crippen LogP contribution in [0, 0.1) is 12.8 Å².